The van der Waals surface area contributed by atoms with Crippen LogP contribution in [0, 0.1) is 0 Å². The van der Waals surface area contributed by atoms with Crippen molar-refractivity contribution in [2.24, 2.45) is 0 Å². The lowest BCUT2D eigenvalue weighted by Crippen LogP contribution is -2.53. The predicted octanol–water partition coefficient (Wildman–Crippen LogP) is 7.42. The third kappa shape index (κ3) is 5.97. The molecule has 0 aliphatic carbocycles. The zero-order valence-electron chi connectivity index (χ0n) is 22.2. The van der Waals surface area contributed by atoms with Gasteiger partial charge in [0, 0.05) is 13.5 Å². The number of ether oxygens (including phenoxy) is 4. The molecule has 3 unspecified atom stereocenters. The van der Waals surface area contributed by atoms with Crippen LogP contribution < -0.4 is 0 Å². The molecule has 0 spiro atoms. The molecule has 1 aliphatic heterocycles. The van der Waals surface area contributed by atoms with Gasteiger partial charge in [-0.3, -0.25) is 0 Å². The maximum Gasteiger partial charge on any atom is 0.205 e. The Balaban J connectivity index is 1.50. The van der Waals surface area contributed by atoms with E-state index in [9.17, 15) is 0 Å². The number of benzene rings is 4. The molecule has 0 amide bonds. The molecule has 1 aliphatic rings. The predicted molar refractivity (Wildman–Crippen MR) is 150 cm³/mol. The van der Waals surface area contributed by atoms with Crippen molar-refractivity contribution in [2.45, 2.75) is 49.7 Å². The third-order valence-corrected chi connectivity index (χ3v) is 7.35. The summed E-state index contributed by atoms with van der Waals surface area (Å²) < 4.78 is 41.3. The van der Waals surface area contributed by atoms with Crippen LogP contribution in [-0.4, -0.2) is 32.0 Å². The monoisotopic (exact) mass is 526 g/mol. The Kier molecular flexibility index (Phi) is 8.84. The summed E-state index contributed by atoms with van der Waals surface area (Å²) in [5.41, 5.74) is 2.64. The zero-order chi connectivity index (χ0) is 27.0. The van der Waals surface area contributed by atoms with Gasteiger partial charge in [0.2, 0.25) is 5.79 Å². The molecule has 4 aromatic carbocycles. The van der Waals surface area contributed by atoms with Gasteiger partial charge < -0.3 is 18.9 Å². The van der Waals surface area contributed by atoms with Crippen LogP contribution in [0.2, 0.25) is 0 Å². The molecule has 1 fully saturated rings. The summed E-state index contributed by atoms with van der Waals surface area (Å²) in [6, 6.07) is 39.6. The Hall–Kier alpha value is -3.35. The lowest BCUT2D eigenvalue weighted by atomic mass is 9.80. The molecule has 1 heterocycles. The van der Waals surface area contributed by atoms with Crippen molar-refractivity contribution in [2.75, 3.05) is 13.7 Å². The van der Waals surface area contributed by atoms with Gasteiger partial charge in [-0.05, 0) is 35.1 Å². The van der Waals surface area contributed by atoms with Gasteiger partial charge in [-0.2, -0.15) is 0 Å². The summed E-state index contributed by atoms with van der Waals surface area (Å²) in [5.74, 6) is -1.50. The average molecular weight is 527 g/mol. The lowest BCUT2D eigenvalue weighted by Gasteiger charge is -2.43. The molecule has 5 rings (SSSR count). The molecule has 4 nitrogen and oxygen atoms in total. The highest BCUT2D eigenvalue weighted by molar-refractivity contribution is 5.47. The molecule has 5 heteroatoms. The van der Waals surface area contributed by atoms with Gasteiger partial charge in [0.1, 0.15) is 5.60 Å². The third-order valence-electron chi connectivity index (χ3n) is 7.35. The molecular weight excluding hydrogens is 491 g/mol. The SMILES string of the molecule is COC1CCCC(OCc2ccccc2)(C(F)COC(c2ccccc2)(c2ccccc2)c2ccccc2)O1. The summed E-state index contributed by atoms with van der Waals surface area (Å²) >= 11 is 0. The Bertz CT molecular complexity index is 1170. The second-order valence-electron chi connectivity index (χ2n) is 9.82. The molecule has 0 saturated carbocycles. The van der Waals surface area contributed by atoms with E-state index in [1.807, 2.05) is 121 Å². The van der Waals surface area contributed by atoms with Gasteiger partial charge in [0.05, 0.1) is 13.2 Å². The van der Waals surface area contributed by atoms with Crippen molar-refractivity contribution in [1.29, 1.82) is 0 Å². The van der Waals surface area contributed by atoms with Crippen LogP contribution in [0.1, 0.15) is 41.5 Å². The smallest absolute Gasteiger partial charge is 0.205 e. The van der Waals surface area contributed by atoms with E-state index in [1.54, 1.807) is 7.11 Å². The second kappa shape index (κ2) is 12.7. The van der Waals surface area contributed by atoms with E-state index in [1.165, 1.54) is 0 Å². The maximum absolute atomic E-state index is 16.6. The van der Waals surface area contributed by atoms with Crippen molar-refractivity contribution < 1.29 is 23.3 Å². The highest BCUT2D eigenvalue weighted by Crippen LogP contribution is 2.42. The largest absolute Gasteiger partial charge is 0.358 e. The van der Waals surface area contributed by atoms with Gasteiger partial charge in [0.15, 0.2) is 12.5 Å². The molecule has 0 aromatic heterocycles. The topological polar surface area (TPSA) is 36.9 Å². The van der Waals surface area contributed by atoms with Crippen LogP contribution in [0.5, 0.6) is 0 Å². The normalized spacial score (nSPS) is 20.4. The van der Waals surface area contributed by atoms with E-state index in [0.717, 1.165) is 28.7 Å². The van der Waals surface area contributed by atoms with Crippen molar-refractivity contribution in [3.8, 4) is 0 Å². The molecular formula is C34H35FO4. The molecule has 39 heavy (non-hydrogen) atoms. The second-order valence-corrected chi connectivity index (χ2v) is 9.82. The fourth-order valence-corrected chi connectivity index (χ4v) is 5.32. The highest BCUT2D eigenvalue weighted by Gasteiger charge is 2.48. The Morgan fingerprint density at radius 3 is 1.77 bits per heavy atom. The highest BCUT2D eigenvalue weighted by atomic mass is 19.1. The van der Waals surface area contributed by atoms with E-state index < -0.39 is 23.8 Å². The zero-order valence-corrected chi connectivity index (χ0v) is 22.2. The fraction of sp³-hybridized carbons (Fsp3) is 0.294. The fourth-order valence-electron chi connectivity index (χ4n) is 5.32. The molecule has 0 bridgehead atoms. The van der Waals surface area contributed by atoms with Gasteiger partial charge >= 0.3 is 0 Å². The quantitative estimate of drug-likeness (QED) is 0.191. The molecule has 4 aromatic rings. The minimum atomic E-state index is -1.57. The molecule has 0 N–H and O–H groups in total. The van der Waals surface area contributed by atoms with Crippen LogP contribution in [0.25, 0.3) is 0 Å². The van der Waals surface area contributed by atoms with E-state index >= 15 is 4.39 Å². The number of halogens is 1. The van der Waals surface area contributed by atoms with Crippen molar-refractivity contribution >= 4 is 0 Å². The van der Waals surface area contributed by atoms with Crippen LogP contribution in [0.3, 0.4) is 0 Å². The van der Waals surface area contributed by atoms with Gasteiger partial charge in [0.25, 0.3) is 0 Å². The van der Waals surface area contributed by atoms with Crippen molar-refractivity contribution in [3.63, 3.8) is 0 Å². The van der Waals surface area contributed by atoms with Crippen LogP contribution in [-0.2, 0) is 31.2 Å². The Morgan fingerprint density at radius 2 is 1.28 bits per heavy atom. The van der Waals surface area contributed by atoms with Crippen LogP contribution >= 0.6 is 0 Å². The number of alkyl halides is 1. The first kappa shape index (κ1) is 27.2. The maximum atomic E-state index is 16.6. The summed E-state index contributed by atoms with van der Waals surface area (Å²) in [6.07, 6.45) is -0.319. The summed E-state index contributed by atoms with van der Waals surface area (Å²) in [5, 5.41) is 0. The van der Waals surface area contributed by atoms with E-state index in [2.05, 4.69) is 0 Å². The van der Waals surface area contributed by atoms with Gasteiger partial charge in [-0.1, -0.05) is 121 Å². The lowest BCUT2D eigenvalue weighted by molar-refractivity contribution is -0.355. The molecule has 0 radical (unpaired) electrons. The number of rotatable bonds is 11. The molecule has 3 atom stereocenters. The Labute approximate surface area is 230 Å². The average Bonchev–Trinajstić information content (AvgIpc) is 3.02. The Morgan fingerprint density at radius 1 is 0.795 bits per heavy atom. The number of hydrogen-bond donors (Lipinski definition) is 0. The summed E-state index contributed by atoms with van der Waals surface area (Å²) in [4.78, 5) is 0. The molecule has 1 saturated heterocycles. The summed E-state index contributed by atoms with van der Waals surface area (Å²) in [7, 11) is 1.58. The van der Waals surface area contributed by atoms with E-state index in [4.69, 9.17) is 18.9 Å². The van der Waals surface area contributed by atoms with Gasteiger partial charge in [-0.25, -0.2) is 4.39 Å². The number of methoxy groups -OCH3 is 1. The van der Waals surface area contributed by atoms with Crippen molar-refractivity contribution in [3.05, 3.63) is 144 Å². The van der Waals surface area contributed by atoms with E-state index in [-0.39, 0.29) is 13.2 Å². The summed E-state index contributed by atoms with van der Waals surface area (Å²) in [6.45, 7) is -0.0250. The van der Waals surface area contributed by atoms with Gasteiger partial charge in [-0.15, -0.1) is 0 Å². The van der Waals surface area contributed by atoms with Crippen molar-refractivity contribution in [1.82, 2.24) is 0 Å². The van der Waals surface area contributed by atoms with Crippen LogP contribution in [0.15, 0.2) is 121 Å². The molecule has 202 valence electrons. The minimum absolute atomic E-state index is 0.221. The first-order chi connectivity index (χ1) is 19.2. The first-order valence-corrected chi connectivity index (χ1v) is 13.5. The minimum Gasteiger partial charge on any atom is -0.358 e. The van der Waals surface area contributed by atoms with Crippen LogP contribution in [0.4, 0.5) is 4.39 Å². The standard InChI is InChI=1S/C34H35FO4/c1-36-32-23-14-24-33(39-32,37-25-27-15-6-2-7-16-27)31(35)26-38-34(28-17-8-3-9-18-28,29-19-10-4-11-20-29)30-21-12-5-13-22-30/h2-13,15-22,31-32H,14,23-26H2,1H3. The number of hydrogen-bond acceptors (Lipinski definition) is 4. The first-order valence-electron chi connectivity index (χ1n) is 13.5. The van der Waals surface area contributed by atoms with E-state index in [0.29, 0.717) is 12.8 Å².